The number of methoxy groups -OCH3 is 1. The first kappa shape index (κ1) is 15.3. The third kappa shape index (κ3) is 4.48. The predicted octanol–water partition coefficient (Wildman–Crippen LogP) is -0.669. The second-order valence-corrected chi connectivity index (χ2v) is 3.74. The highest BCUT2D eigenvalue weighted by atomic mass is 16.5. The smallest absolute Gasteiger partial charge is 0.322 e. The number of benzene rings is 1. The fraction of sp³-hybridized carbons (Fsp3) is 0.250. The second-order valence-electron chi connectivity index (χ2n) is 3.74. The van der Waals surface area contributed by atoms with Crippen molar-refractivity contribution in [2.75, 3.05) is 20.2 Å². The molecule has 0 heterocycles. The van der Waals surface area contributed by atoms with E-state index >= 15 is 0 Å². The third-order valence-corrected chi connectivity index (χ3v) is 2.29. The number of rotatable bonds is 6. The van der Waals surface area contributed by atoms with Crippen LogP contribution in [0.1, 0.15) is 10.4 Å². The Morgan fingerprint density at radius 3 is 2.45 bits per heavy atom. The Bertz CT molecular complexity index is 529. The number of nitrogens with one attached hydrogen (secondary N) is 2. The van der Waals surface area contributed by atoms with Crippen molar-refractivity contribution in [2.24, 2.45) is 0 Å². The van der Waals surface area contributed by atoms with E-state index in [-0.39, 0.29) is 23.6 Å². The van der Waals surface area contributed by atoms with E-state index in [9.17, 15) is 19.5 Å². The summed E-state index contributed by atoms with van der Waals surface area (Å²) in [6.07, 6.45) is 0. The summed E-state index contributed by atoms with van der Waals surface area (Å²) >= 11 is 0. The molecule has 0 aliphatic rings. The molecule has 2 amide bonds. The maximum Gasteiger partial charge on any atom is 0.322 e. The topological polar surface area (TPSA) is 125 Å². The van der Waals surface area contributed by atoms with Gasteiger partial charge in [-0.15, -0.1) is 0 Å². The summed E-state index contributed by atoms with van der Waals surface area (Å²) in [4.78, 5) is 33.1. The van der Waals surface area contributed by atoms with E-state index in [1.54, 1.807) is 0 Å². The third-order valence-electron chi connectivity index (χ3n) is 2.29. The van der Waals surface area contributed by atoms with Crippen LogP contribution >= 0.6 is 0 Å². The van der Waals surface area contributed by atoms with Crippen molar-refractivity contribution >= 4 is 17.8 Å². The average molecular weight is 282 g/mol. The van der Waals surface area contributed by atoms with Crippen LogP contribution in [-0.2, 0) is 9.59 Å². The molecule has 4 N–H and O–H groups in total. The number of carboxylic acids is 1. The van der Waals surface area contributed by atoms with Gasteiger partial charge < -0.3 is 25.6 Å². The van der Waals surface area contributed by atoms with Crippen molar-refractivity contribution in [3.63, 3.8) is 0 Å². The van der Waals surface area contributed by atoms with E-state index in [0.29, 0.717) is 0 Å². The van der Waals surface area contributed by atoms with E-state index in [0.717, 1.165) is 0 Å². The Hall–Kier alpha value is -2.77. The number of phenolic OH excluding ortho intramolecular Hbond substituents is 1. The van der Waals surface area contributed by atoms with E-state index in [4.69, 9.17) is 9.84 Å². The fourth-order valence-electron chi connectivity index (χ4n) is 1.33. The molecule has 108 valence electrons. The Labute approximate surface area is 114 Å². The summed E-state index contributed by atoms with van der Waals surface area (Å²) < 4.78 is 4.83. The molecule has 20 heavy (non-hydrogen) atoms. The first-order valence-corrected chi connectivity index (χ1v) is 5.57. The highest BCUT2D eigenvalue weighted by Gasteiger charge is 2.11. The molecule has 0 fully saturated rings. The van der Waals surface area contributed by atoms with Gasteiger partial charge in [-0.05, 0) is 18.2 Å². The molecule has 1 rings (SSSR count). The second kappa shape index (κ2) is 6.98. The molecule has 0 unspecified atom stereocenters. The molecule has 8 heteroatoms. The molecular formula is C12H14N2O6. The van der Waals surface area contributed by atoms with Crippen LogP contribution in [0, 0.1) is 0 Å². The maximum atomic E-state index is 11.7. The zero-order chi connectivity index (χ0) is 15.1. The Balaban J connectivity index is 2.52. The van der Waals surface area contributed by atoms with Crippen LogP contribution in [-0.4, -0.2) is 48.2 Å². The number of carbonyl (C=O) groups excluding carboxylic acids is 2. The van der Waals surface area contributed by atoms with Gasteiger partial charge in [-0.1, -0.05) is 0 Å². The number of carboxylic acid groups (broad SMARTS) is 1. The summed E-state index contributed by atoms with van der Waals surface area (Å²) in [5, 5.41) is 22.3. The molecule has 1 aromatic carbocycles. The molecule has 0 atom stereocenters. The lowest BCUT2D eigenvalue weighted by atomic mass is 10.2. The zero-order valence-electron chi connectivity index (χ0n) is 10.7. The van der Waals surface area contributed by atoms with Crippen LogP contribution in [0.3, 0.4) is 0 Å². The standard InChI is InChI=1S/C12H14N2O6/c1-20-9-3-2-7(4-8(9)15)12(19)14-5-10(16)13-6-11(17)18/h2-4,15H,5-6H2,1H3,(H,13,16)(H,14,19)(H,17,18). The van der Waals surface area contributed by atoms with Gasteiger partial charge in [0.2, 0.25) is 5.91 Å². The zero-order valence-corrected chi connectivity index (χ0v) is 10.7. The number of phenols is 1. The lowest BCUT2D eigenvalue weighted by molar-refractivity contribution is -0.137. The number of aliphatic carboxylic acids is 1. The molecule has 0 bridgehead atoms. The molecule has 0 aromatic heterocycles. The highest BCUT2D eigenvalue weighted by Crippen LogP contribution is 2.25. The van der Waals surface area contributed by atoms with Crippen molar-refractivity contribution in [2.45, 2.75) is 0 Å². The molecule has 0 aliphatic carbocycles. The average Bonchev–Trinajstić information content (AvgIpc) is 2.42. The summed E-state index contributed by atoms with van der Waals surface area (Å²) in [6, 6.07) is 4.03. The van der Waals surface area contributed by atoms with Gasteiger partial charge >= 0.3 is 5.97 Å². The van der Waals surface area contributed by atoms with Gasteiger partial charge in [0.15, 0.2) is 11.5 Å². The molecule has 8 nitrogen and oxygen atoms in total. The van der Waals surface area contributed by atoms with E-state index < -0.39 is 24.3 Å². The van der Waals surface area contributed by atoms with Crippen LogP contribution < -0.4 is 15.4 Å². The summed E-state index contributed by atoms with van der Waals surface area (Å²) in [5.41, 5.74) is 0.148. The van der Waals surface area contributed by atoms with Crippen LogP contribution in [0.25, 0.3) is 0 Å². The Morgan fingerprint density at radius 2 is 1.90 bits per heavy atom. The molecule has 0 spiro atoms. The Kier molecular flexibility index (Phi) is 5.33. The fourth-order valence-corrected chi connectivity index (χ4v) is 1.33. The monoisotopic (exact) mass is 282 g/mol. The number of aromatic hydroxyl groups is 1. The molecule has 0 aliphatic heterocycles. The van der Waals surface area contributed by atoms with Crippen molar-refractivity contribution in [1.82, 2.24) is 10.6 Å². The lowest BCUT2D eigenvalue weighted by Gasteiger charge is -2.07. The quantitative estimate of drug-likeness (QED) is 0.548. The van der Waals surface area contributed by atoms with Crippen LogP contribution in [0.5, 0.6) is 11.5 Å². The summed E-state index contributed by atoms with van der Waals surface area (Å²) in [7, 11) is 1.38. The van der Waals surface area contributed by atoms with Crippen LogP contribution in [0.2, 0.25) is 0 Å². The first-order chi connectivity index (χ1) is 9.43. The predicted molar refractivity (Wildman–Crippen MR) is 67.6 cm³/mol. The van der Waals surface area contributed by atoms with Crippen LogP contribution in [0.4, 0.5) is 0 Å². The number of hydrogen-bond donors (Lipinski definition) is 4. The van der Waals surface area contributed by atoms with Gasteiger partial charge in [0.05, 0.1) is 13.7 Å². The highest BCUT2D eigenvalue weighted by molar-refractivity contribution is 5.97. The number of carbonyl (C=O) groups is 3. The van der Waals surface area contributed by atoms with Crippen molar-refractivity contribution in [3.05, 3.63) is 23.8 Å². The van der Waals surface area contributed by atoms with Crippen molar-refractivity contribution < 1.29 is 29.3 Å². The van der Waals surface area contributed by atoms with Gasteiger partial charge in [0, 0.05) is 5.56 Å². The van der Waals surface area contributed by atoms with E-state index in [2.05, 4.69) is 10.6 Å². The summed E-state index contributed by atoms with van der Waals surface area (Å²) in [6.45, 7) is -0.878. The van der Waals surface area contributed by atoms with E-state index in [1.165, 1.54) is 25.3 Å². The maximum absolute atomic E-state index is 11.7. The molecule has 0 radical (unpaired) electrons. The van der Waals surface area contributed by atoms with Gasteiger partial charge in [-0.2, -0.15) is 0 Å². The van der Waals surface area contributed by atoms with E-state index in [1.807, 2.05) is 0 Å². The summed E-state index contributed by atoms with van der Waals surface area (Å²) in [5.74, 6) is -2.35. The minimum absolute atomic E-state index is 0.148. The van der Waals surface area contributed by atoms with Gasteiger partial charge in [0.1, 0.15) is 6.54 Å². The number of amides is 2. The lowest BCUT2D eigenvalue weighted by Crippen LogP contribution is -2.39. The van der Waals surface area contributed by atoms with Crippen molar-refractivity contribution in [3.8, 4) is 11.5 Å². The number of ether oxygens (including phenoxy) is 1. The SMILES string of the molecule is COc1ccc(C(=O)NCC(=O)NCC(=O)O)cc1O. The Morgan fingerprint density at radius 1 is 1.20 bits per heavy atom. The molecule has 0 saturated carbocycles. The molecule has 0 saturated heterocycles. The van der Waals surface area contributed by atoms with Gasteiger partial charge in [-0.3, -0.25) is 14.4 Å². The normalized spacial score (nSPS) is 9.65. The van der Waals surface area contributed by atoms with Crippen LogP contribution in [0.15, 0.2) is 18.2 Å². The molecule has 1 aromatic rings. The van der Waals surface area contributed by atoms with Crippen molar-refractivity contribution in [1.29, 1.82) is 0 Å². The molecular weight excluding hydrogens is 268 g/mol. The van der Waals surface area contributed by atoms with Gasteiger partial charge in [-0.25, -0.2) is 0 Å². The minimum atomic E-state index is -1.18. The minimum Gasteiger partial charge on any atom is -0.504 e. The largest absolute Gasteiger partial charge is 0.504 e. The van der Waals surface area contributed by atoms with Gasteiger partial charge in [0.25, 0.3) is 5.91 Å². The number of hydrogen-bond acceptors (Lipinski definition) is 5. The first-order valence-electron chi connectivity index (χ1n) is 5.57.